The predicted molar refractivity (Wildman–Crippen MR) is 118 cm³/mol. The Morgan fingerprint density at radius 3 is 2.48 bits per heavy atom. The third-order valence-corrected chi connectivity index (χ3v) is 5.87. The van der Waals surface area contributed by atoms with Gasteiger partial charge in [-0.05, 0) is 77.3 Å². The van der Waals surface area contributed by atoms with E-state index in [2.05, 4.69) is 38.3 Å². The summed E-state index contributed by atoms with van der Waals surface area (Å²) in [6, 6.07) is 9.63. The van der Waals surface area contributed by atoms with E-state index in [1.54, 1.807) is 0 Å². The monoisotopic (exact) mass is 427 g/mol. The maximum absolute atomic E-state index is 13.4. The number of rotatable bonds is 5. The molecule has 1 aromatic heterocycles. The van der Waals surface area contributed by atoms with E-state index in [4.69, 9.17) is 13.9 Å². The lowest BCUT2D eigenvalue weighted by Crippen LogP contribution is -2.63. The number of carbonyl (C=O) groups excluding carboxylic acids is 1. The maximum atomic E-state index is 13.4. The Hall–Kier alpha value is -2.67. The zero-order chi connectivity index (χ0) is 22.2. The van der Waals surface area contributed by atoms with Gasteiger partial charge in [0.15, 0.2) is 11.5 Å². The molecule has 2 aliphatic heterocycles. The minimum absolute atomic E-state index is 0.0681. The van der Waals surface area contributed by atoms with E-state index in [9.17, 15) is 4.79 Å². The van der Waals surface area contributed by atoms with Crippen molar-refractivity contribution in [3.63, 3.8) is 0 Å². The Bertz CT molecular complexity index is 934. The molecule has 0 radical (unpaired) electrons. The van der Waals surface area contributed by atoms with Crippen molar-refractivity contribution in [2.45, 2.75) is 77.7 Å². The molecule has 168 valence electrons. The van der Waals surface area contributed by atoms with Crippen molar-refractivity contribution in [3.05, 3.63) is 47.4 Å². The Kier molecular flexibility index (Phi) is 5.64. The van der Waals surface area contributed by atoms with Crippen LogP contribution in [-0.4, -0.2) is 34.8 Å². The van der Waals surface area contributed by atoms with Crippen LogP contribution in [0.2, 0.25) is 0 Å². The normalized spacial score (nSPS) is 19.3. The zero-order valence-electron chi connectivity index (χ0n) is 19.1. The average molecular weight is 428 g/mol. The Labute approximate surface area is 184 Å². The van der Waals surface area contributed by atoms with E-state index in [-0.39, 0.29) is 29.9 Å². The van der Waals surface area contributed by atoms with E-state index in [1.807, 2.05) is 42.2 Å². The minimum atomic E-state index is -0.0924. The Balaban J connectivity index is 1.51. The number of nitrogens with zero attached hydrogens (tertiary/aromatic N) is 1. The molecular formula is C24H33N3O4. The van der Waals surface area contributed by atoms with E-state index in [1.165, 1.54) is 0 Å². The van der Waals surface area contributed by atoms with E-state index < -0.39 is 0 Å². The van der Waals surface area contributed by atoms with Gasteiger partial charge in [-0.3, -0.25) is 0 Å². The topological polar surface area (TPSA) is 76.0 Å². The van der Waals surface area contributed by atoms with Gasteiger partial charge in [-0.1, -0.05) is 6.07 Å². The second-order valence-electron chi connectivity index (χ2n) is 9.94. The van der Waals surface area contributed by atoms with Gasteiger partial charge in [-0.2, -0.15) is 0 Å². The highest BCUT2D eigenvalue weighted by atomic mass is 16.7. The second-order valence-corrected chi connectivity index (χ2v) is 9.94. The number of fused-ring (bicyclic) bond motifs is 1. The molecule has 2 amide bonds. The first-order valence-electron chi connectivity index (χ1n) is 10.9. The molecule has 0 aliphatic carbocycles. The van der Waals surface area contributed by atoms with Gasteiger partial charge < -0.3 is 29.4 Å². The quantitative estimate of drug-likeness (QED) is 0.743. The first-order valence-corrected chi connectivity index (χ1v) is 10.9. The SMILES string of the molecule is Cc1ccc(CN(C(=O)NCc2ccc3c(c2)OCO3)C2CC(C)(C)NC(C)(C)C2)o1. The molecule has 0 unspecified atom stereocenters. The third kappa shape index (κ3) is 5.15. The molecule has 4 rings (SSSR count). The maximum Gasteiger partial charge on any atom is 0.318 e. The lowest BCUT2D eigenvalue weighted by molar-refractivity contribution is 0.0754. The smallest absolute Gasteiger partial charge is 0.318 e. The summed E-state index contributed by atoms with van der Waals surface area (Å²) in [5, 5.41) is 6.80. The first kappa shape index (κ1) is 21.6. The van der Waals surface area contributed by atoms with E-state index in [0.29, 0.717) is 13.1 Å². The Morgan fingerprint density at radius 1 is 1.10 bits per heavy atom. The molecule has 2 aromatic rings. The fourth-order valence-corrected chi connectivity index (χ4v) is 4.92. The minimum Gasteiger partial charge on any atom is -0.464 e. The number of furan rings is 1. The Morgan fingerprint density at radius 2 is 1.81 bits per heavy atom. The van der Waals surface area contributed by atoms with Crippen LogP contribution >= 0.6 is 0 Å². The molecular weight excluding hydrogens is 394 g/mol. The van der Waals surface area contributed by atoms with Crippen molar-refractivity contribution in [1.29, 1.82) is 0 Å². The van der Waals surface area contributed by atoms with Crippen molar-refractivity contribution in [1.82, 2.24) is 15.5 Å². The number of aryl methyl sites for hydroxylation is 1. The molecule has 1 saturated heterocycles. The van der Waals surface area contributed by atoms with Gasteiger partial charge in [0.1, 0.15) is 11.5 Å². The molecule has 0 saturated carbocycles. The van der Waals surface area contributed by atoms with Crippen molar-refractivity contribution < 1.29 is 18.7 Å². The standard InChI is InChI=1S/C24H33N3O4/c1-16-6-8-19(31-16)14-27(18-11-23(2,3)26-24(4,5)12-18)22(28)25-13-17-7-9-20-21(10-17)30-15-29-20/h6-10,18,26H,11-15H2,1-5H3,(H,25,28). The molecule has 31 heavy (non-hydrogen) atoms. The number of piperidine rings is 1. The van der Waals surface area contributed by atoms with Gasteiger partial charge in [-0.25, -0.2) is 4.79 Å². The summed E-state index contributed by atoms with van der Waals surface area (Å²) in [5.74, 6) is 3.10. The number of urea groups is 1. The molecule has 0 bridgehead atoms. The van der Waals surface area contributed by atoms with Crippen molar-refractivity contribution in [2.75, 3.05) is 6.79 Å². The molecule has 3 heterocycles. The van der Waals surface area contributed by atoms with Gasteiger partial charge in [0, 0.05) is 23.7 Å². The van der Waals surface area contributed by atoms with Gasteiger partial charge in [-0.15, -0.1) is 0 Å². The van der Waals surface area contributed by atoms with Crippen LogP contribution in [0, 0.1) is 6.92 Å². The van der Waals surface area contributed by atoms with Gasteiger partial charge in [0.05, 0.1) is 6.54 Å². The highest BCUT2D eigenvalue weighted by molar-refractivity contribution is 5.74. The largest absolute Gasteiger partial charge is 0.464 e. The number of benzene rings is 1. The van der Waals surface area contributed by atoms with Crippen LogP contribution in [0.25, 0.3) is 0 Å². The summed E-state index contributed by atoms with van der Waals surface area (Å²) >= 11 is 0. The van der Waals surface area contributed by atoms with Gasteiger partial charge >= 0.3 is 6.03 Å². The number of nitrogens with one attached hydrogen (secondary N) is 2. The molecule has 0 atom stereocenters. The zero-order valence-corrected chi connectivity index (χ0v) is 19.1. The van der Waals surface area contributed by atoms with Gasteiger partial charge in [0.25, 0.3) is 0 Å². The molecule has 1 fully saturated rings. The number of amides is 2. The number of hydrogen-bond donors (Lipinski definition) is 2. The van der Waals surface area contributed by atoms with Crippen LogP contribution in [0.3, 0.4) is 0 Å². The summed E-state index contributed by atoms with van der Waals surface area (Å²) in [4.78, 5) is 15.3. The van der Waals surface area contributed by atoms with Crippen molar-refractivity contribution in [3.8, 4) is 11.5 Å². The summed E-state index contributed by atoms with van der Waals surface area (Å²) in [6.07, 6.45) is 1.74. The summed E-state index contributed by atoms with van der Waals surface area (Å²) in [7, 11) is 0. The fraction of sp³-hybridized carbons (Fsp3) is 0.542. The number of carbonyl (C=O) groups is 1. The van der Waals surface area contributed by atoms with Gasteiger partial charge in [0.2, 0.25) is 6.79 Å². The van der Waals surface area contributed by atoms with Crippen LogP contribution in [-0.2, 0) is 13.1 Å². The first-order chi connectivity index (χ1) is 14.6. The lowest BCUT2D eigenvalue weighted by atomic mass is 9.79. The van der Waals surface area contributed by atoms with Crippen LogP contribution < -0.4 is 20.1 Å². The molecule has 1 aromatic carbocycles. The van der Waals surface area contributed by atoms with E-state index in [0.717, 1.165) is 41.4 Å². The highest BCUT2D eigenvalue weighted by Crippen LogP contribution is 2.34. The highest BCUT2D eigenvalue weighted by Gasteiger charge is 2.41. The van der Waals surface area contributed by atoms with Crippen molar-refractivity contribution >= 4 is 6.03 Å². The fourth-order valence-electron chi connectivity index (χ4n) is 4.92. The third-order valence-electron chi connectivity index (χ3n) is 5.87. The average Bonchev–Trinajstić information content (AvgIpc) is 3.29. The van der Waals surface area contributed by atoms with Crippen LogP contribution in [0.15, 0.2) is 34.7 Å². The molecule has 7 heteroatoms. The van der Waals surface area contributed by atoms with Crippen molar-refractivity contribution in [2.24, 2.45) is 0 Å². The molecule has 2 aliphatic rings. The van der Waals surface area contributed by atoms with Crippen LogP contribution in [0.1, 0.15) is 57.6 Å². The predicted octanol–water partition coefficient (Wildman–Crippen LogP) is 4.34. The molecule has 7 nitrogen and oxygen atoms in total. The number of ether oxygens (including phenoxy) is 2. The second kappa shape index (κ2) is 8.11. The van der Waals surface area contributed by atoms with E-state index >= 15 is 0 Å². The number of hydrogen-bond acceptors (Lipinski definition) is 5. The van der Waals surface area contributed by atoms with Crippen LogP contribution in [0.4, 0.5) is 4.79 Å². The molecule has 0 spiro atoms. The van der Waals surface area contributed by atoms with Crippen LogP contribution in [0.5, 0.6) is 11.5 Å². The summed E-state index contributed by atoms with van der Waals surface area (Å²) in [5.41, 5.74) is 0.834. The molecule has 2 N–H and O–H groups in total. The lowest BCUT2D eigenvalue weighted by Gasteiger charge is -2.49. The summed E-state index contributed by atoms with van der Waals surface area (Å²) in [6.45, 7) is 11.8. The summed E-state index contributed by atoms with van der Waals surface area (Å²) < 4.78 is 16.6.